The Kier molecular flexibility index (Phi) is 28.2. The van der Waals surface area contributed by atoms with E-state index in [1.165, 1.54) is 12.8 Å². The van der Waals surface area contributed by atoms with Crippen LogP contribution in [0.3, 0.4) is 0 Å². The number of hydrogen-bond acceptors (Lipinski definition) is 2. The average molecular weight is 141 g/mol. The Balaban J connectivity index is -0.0000000720. The van der Waals surface area contributed by atoms with Gasteiger partial charge in [0.25, 0.3) is 0 Å². The predicted octanol–water partition coefficient (Wildman–Crippen LogP) is -2.90. The molecule has 0 aromatic rings. The summed E-state index contributed by atoms with van der Waals surface area (Å²) in [7, 11) is 0. The van der Waals surface area contributed by atoms with Gasteiger partial charge in [-0.25, -0.2) is 0 Å². The van der Waals surface area contributed by atoms with Crippen LogP contribution in [0.1, 0.15) is 26.7 Å². The van der Waals surface area contributed by atoms with E-state index < -0.39 is 6.09 Å². The van der Waals surface area contributed by atoms with Gasteiger partial charge in [-0.15, -0.1) is 0 Å². The van der Waals surface area contributed by atoms with Crippen LogP contribution < -0.4 is 40.4 Å². The van der Waals surface area contributed by atoms with Crippen LogP contribution in [-0.2, 0) is 0 Å². The first kappa shape index (κ1) is 16.1. The Morgan fingerprint density at radius 2 is 1.56 bits per heavy atom. The van der Waals surface area contributed by atoms with Gasteiger partial charge >= 0.3 is 29.6 Å². The minimum absolute atomic E-state index is 0. The van der Waals surface area contributed by atoms with Crippen LogP contribution in [0.15, 0.2) is 0 Å². The summed E-state index contributed by atoms with van der Waals surface area (Å²) in [6, 6.07) is 0. The zero-order valence-electron chi connectivity index (χ0n) is 6.31. The molecule has 0 aliphatic rings. The van der Waals surface area contributed by atoms with E-state index in [4.69, 9.17) is 9.90 Å². The molecular weight excluding hydrogens is 129 g/mol. The molecule has 0 radical (unpaired) electrons. The Morgan fingerprint density at radius 1 is 1.44 bits per heavy atom. The number of hydrogen-bond donors (Lipinski definition) is 1. The Labute approximate surface area is 77.9 Å². The molecule has 0 heterocycles. The van der Waals surface area contributed by atoms with E-state index in [2.05, 4.69) is 19.6 Å². The number of carboxylic acid groups (broad SMARTS) is 1. The Bertz CT molecular complexity index is 52.9. The third-order valence-electron chi connectivity index (χ3n) is 0.500. The molecule has 0 atom stereocenters. The van der Waals surface area contributed by atoms with Crippen LogP contribution in [0.5, 0.6) is 0 Å². The summed E-state index contributed by atoms with van der Waals surface area (Å²) in [6.07, 6.45) is 1.06. The summed E-state index contributed by atoms with van der Waals surface area (Å²) in [5, 5.41) is 8.67. The summed E-state index contributed by atoms with van der Waals surface area (Å²) in [5.41, 5.74) is 3.92. The Hall–Kier alpha value is 0.270. The SMILES string of the molecule is CCCC.NC(=O)[O-].[Na+]. The monoisotopic (exact) mass is 141 g/mol. The van der Waals surface area contributed by atoms with Crippen molar-refractivity contribution in [1.29, 1.82) is 0 Å². The van der Waals surface area contributed by atoms with E-state index in [0.717, 1.165) is 0 Å². The first-order valence-corrected chi connectivity index (χ1v) is 2.61. The Morgan fingerprint density at radius 3 is 1.56 bits per heavy atom. The summed E-state index contributed by atoms with van der Waals surface area (Å²) in [4.78, 5) is 8.67. The standard InChI is InChI=1S/C4H10.CH3NO2.Na/c1-3-4-2;2-1(3)4;/h3-4H2,1-2H3;2H2,(H,3,4);/q;;+1/p-1. The van der Waals surface area contributed by atoms with E-state index >= 15 is 0 Å². The average Bonchev–Trinajstić information content (AvgIpc) is 1.65. The van der Waals surface area contributed by atoms with Gasteiger partial charge in [-0.3, -0.25) is 0 Å². The largest absolute Gasteiger partial charge is 1.00 e. The first-order valence-electron chi connectivity index (χ1n) is 2.61. The van der Waals surface area contributed by atoms with Gasteiger partial charge in [0.05, 0.1) is 0 Å². The van der Waals surface area contributed by atoms with Crippen molar-refractivity contribution in [1.82, 2.24) is 0 Å². The smallest absolute Gasteiger partial charge is 0.530 e. The molecule has 2 N–H and O–H groups in total. The number of carbonyl (C=O) groups is 1. The second-order valence-electron chi connectivity index (χ2n) is 1.32. The van der Waals surface area contributed by atoms with E-state index in [9.17, 15) is 0 Å². The molecule has 1 amide bonds. The van der Waals surface area contributed by atoms with Gasteiger partial charge < -0.3 is 15.6 Å². The summed E-state index contributed by atoms with van der Waals surface area (Å²) in [6.45, 7) is 4.36. The maximum Gasteiger partial charge on any atom is 1.00 e. The third kappa shape index (κ3) is 202. The van der Waals surface area contributed by atoms with Gasteiger partial charge in [0, 0.05) is 0 Å². The van der Waals surface area contributed by atoms with E-state index in [0.29, 0.717) is 0 Å². The molecule has 0 saturated heterocycles. The fourth-order valence-electron chi connectivity index (χ4n) is 0. The fraction of sp³-hybridized carbons (Fsp3) is 0.800. The zero-order valence-corrected chi connectivity index (χ0v) is 8.31. The number of primary amides is 1. The molecule has 0 saturated carbocycles. The number of rotatable bonds is 1. The van der Waals surface area contributed by atoms with Gasteiger partial charge in [-0.05, 0) is 0 Å². The molecule has 50 valence electrons. The molecule has 9 heavy (non-hydrogen) atoms. The van der Waals surface area contributed by atoms with Crippen molar-refractivity contribution in [3.63, 3.8) is 0 Å². The number of carbonyl (C=O) groups excluding carboxylic acids is 1. The molecule has 0 aliphatic carbocycles. The zero-order chi connectivity index (χ0) is 6.99. The van der Waals surface area contributed by atoms with Gasteiger partial charge in [0.15, 0.2) is 0 Å². The number of amides is 1. The molecule has 4 heteroatoms. The van der Waals surface area contributed by atoms with Gasteiger partial charge in [-0.2, -0.15) is 0 Å². The fourth-order valence-corrected chi connectivity index (χ4v) is 0. The second kappa shape index (κ2) is 15.7. The van der Waals surface area contributed by atoms with Crippen LogP contribution >= 0.6 is 0 Å². The summed E-state index contributed by atoms with van der Waals surface area (Å²) < 4.78 is 0. The van der Waals surface area contributed by atoms with E-state index in [1.54, 1.807) is 0 Å². The first-order chi connectivity index (χ1) is 3.65. The van der Waals surface area contributed by atoms with Gasteiger partial charge in [0.2, 0.25) is 0 Å². The van der Waals surface area contributed by atoms with Crippen LogP contribution in [0.4, 0.5) is 4.79 Å². The molecule has 0 rings (SSSR count). The topological polar surface area (TPSA) is 66.2 Å². The molecule has 0 spiro atoms. The van der Waals surface area contributed by atoms with Crippen LogP contribution in [0, 0.1) is 0 Å². The van der Waals surface area contributed by atoms with Gasteiger partial charge in [0.1, 0.15) is 6.09 Å². The van der Waals surface area contributed by atoms with Crippen molar-refractivity contribution in [3.8, 4) is 0 Å². The molecule has 0 unspecified atom stereocenters. The van der Waals surface area contributed by atoms with Crippen LogP contribution in [0.2, 0.25) is 0 Å². The summed E-state index contributed by atoms with van der Waals surface area (Å²) >= 11 is 0. The third-order valence-corrected chi connectivity index (χ3v) is 0.500. The molecule has 0 aromatic heterocycles. The minimum Gasteiger partial charge on any atom is -0.530 e. The van der Waals surface area contributed by atoms with Crippen molar-refractivity contribution in [2.45, 2.75) is 26.7 Å². The van der Waals surface area contributed by atoms with Crippen LogP contribution in [-0.4, -0.2) is 6.09 Å². The number of nitrogens with two attached hydrogens (primary N) is 1. The molecule has 0 aliphatic heterocycles. The quantitative estimate of drug-likeness (QED) is 0.398. The van der Waals surface area contributed by atoms with Crippen molar-refractivity contribution in [3.05, 3.63) is 0 Å². The molecule has 0 aromatic carbocycles. The van der Waals surface area contributed by atoms with Crippen molar-refractivity contribution >= 4 is 6.09 Å². The maximum atomic E-state index is 8.67. The van der Waals surface area contributed by atoms with Crippen LogP contribution in [0.25, 0.3) is 0 Å². The van der Waals surface area contributed by atoms with Gasteiger partial charge in [-0.1, -0.05) is 26.7 Å². The molecule has 3 nitrogen and oxygen atoms in total. The molecular formula is C5H12NNaO2. The summed E-state index contributed by atoms with van der Waals surface area (Å²) in [5.74, 6) is 0. The van der Waals surface area contributed by atoms with Crippen molar-refractivity contribution in [2.75, 3.05) is 0 Å². The molecule has 0 fully saturated rings. The molecule has 0 bridgehead atoms. The second-order valence-corrected chi connectivity index (χ2v) is 1.32. The predicted molar refractivity (Wildman–Crippen MR) is 30.2 cm³/mol. The van der Waals surface area contributed by atoms with Crippen molar-refractivity contribution in [2.24, 2.45) is 5.73 Å². The van der Waals surface area contributed by atoms with Crippen molar-refractivity contribution < 1.29 is 39.5 Å². The normalized spacial score (nSPS) is 6.00. The number of unbranched alkanes of at least 4 members (excludes halogenated alkanes) is 1. The van der Waals surface area contributed by atoms with E-state index in [-0.39, 0.29) is 29.6 Å². The maximum absolute atomic E-state index is 8.67. The minimum atomic E-state index is -1.58. The van der Waals surface area contributed by atoms with E-state index in [1.807, 2.05) is 0 Å².